The summed E-state index contributed by atoms with van der Waals surface area (Å²) in [6, 6.07) is 29.3. The van der Waals surface area contributed by atoms with Crippen molar-refractivity contribution in [3.8, 4) is 0 Å². The van der Waals surface area contributed by atoms with Gasteiger partial charge in [0.2, 0.25) is 11.8 Å². The molecule has 1 fully saturated rings. The van der Waals surface area contributed by atoms with Gasteiger partial charge in [-0.05, 0) is 85.3 Å². The lowest BCUT2D eigenvalue weighted by Gasteiger charge is -2.34. The number of aryl methyl sites for hydroxylation is 2. The number of nitrogens with zero attached hydrogens (tertiary/aromatic N) is 2. The fourth-order valence-electron chi connectivity index (χ4n) is 5.88. The van der Waals surface area contributed by atoms with E-state index >= 15 is 0 Å². The van der Waals surface area contributed by atoms with Crippen molar-refractivity contribution in [3.63, 3.8) is 0 Å². The summed E-state index contributed by atoms with van der Waals surface area (Å²) in [4.78, 5) is 30.3. The lowest BCUT2D eigenvalue weighted by atomic mass is 10.0. The van der Waals surface area contributed by atoms with E-state index in [9.17, 15) is 18.0 Å². The van der Waals surface area contributed by atoms with E-state index in [1.54, 1.807) is 48.5 Å². The smallest absolute Gasteiger partial charge is 0.264 e. The maximum Gasteiger partial charge on any atom is 0.264 e. The molecule has 7 nitrogen and oxygen atoms in total. The third-order valence-electron chi connectivity index (χ3n) is 8.60. The predicted octanol–water partition coefficient (Wildman–Crippen LogP) is 6.85. The zero-order chi connectivity index (χ0) is 32.7. The van der Waals surface area contributed by atoms with E-state index in [0.29, 0.717) is 10.7 Å². The van der Waals surface area contributed by atoms with Crippen molar-refractivity contribution in [2.45, 2.75) is 69.5 Å². The molecule has 240 valence electrons. The number of carbonyl (C=O) groups is 2. The summed E-state index contributed by atoms with van der Waals surface area (Å²) >= 11 is 6.34. The van der Waals surface area contributed by atoms with Crippen LogP contribution in [-0.4, -0.2) is 43.8 Å². The molecule has 9 heteroatoms. The molecule has 1 aliphatic rings. The van der Waals surface area contributed by atoms with Crippen molar-refractivity contribution < 1.29 is 18.0 Å². The molecule has 1 atom stereocenters. The number of sulfonamides is 1. The highest BCUT2D eigenvalue weighted by Gasteiger charge is 2.35. The first-order valence-corrected chi connectivity index (χ1v) is 17.5. The van der Waals surface area contributed by atoms with Gasteiger partial charge >= 0.3 is 0 Å². The molecule has 4 aromatic carbocycles. The Bertz CT molecular complexity index is 1760. The maximum atomic E-state index is 14.6. The van der Waals surface area contributed by atoms with Crippen molar-refractivity contribution in [3.05, 3.63) is 130 Å². The van der Waals surface area contributed by atoms with Gasteiger partial charge in [-0.15, -0.1) is 0 Å². The van der Waals surface area contributed by atoms with Gasteiger partial charge in [-0.2, -0.15) is 0 Å². The molecule has 0 saturated heterocycles. The Morgan fingerprint density at radius 1 is 0.826 bits per heavy atom. The topological polar surface area (TPSA) is 86.8 Å². The molecule has 0 spiro atoms. The minimum absolute atomic E-state index is 0.0411. The molecule has 4 aromatic rings. The second kappa shape index (κ2) is 15.0. The molecule has 1 aliphatic carbocycles. The Morgan fingerprint density at radius 2 is 1.48 bits per heavy atom. The summed E-state index contributed by atoms with van der Waals surface area (Å²) in [5.41, 5.74) is 3.89. The number of nitrogens with one attached hydrogen (secondary N) is 1. The minimum Gasteiger partial charge on any atom is -0.352 e. The van der Waals surface area contributed by atoms with Gasteiger partial charge in [0.15, 0.2) is 0 Å². The summed E-state index contributed by atoms with van der Waals surface area (Å²) in [7, 11) is -4.15. The SMILES string of the molecule is Cc1ccc(N(CC(=O)N(Cc2cccc(Cl)c2)[C@@H](Cc2ccccc2)C(=O)NC2CCCC2)S(=O)(=O)c2ccccc2)cc1C. The zero-order valence-electron chi connectivity index (χ0n) is 26.2. The van der Waals surface area contributed by atoms with E-state index in [1.165, 1.54) is 17.0 Å². The number of anilines is 1. The molecule has 0 unspecified atom stereocenters. The largest absolute Gasteiger partial charge is 0.352 e. The quantitative estimate of drug-likeness (QED) is 0.181. The highest BCUT2D eigenvalue weighted by atomic mass is 35.5. The number of amides is 2. The summed E-state index contributed by atoms with van der Waals surface area (Å²) in [5, 5.41) is 3.70. The number of benzene rings is 4. The molecule has 0 radical (unpaired) electrons. The zero-order valence-corrected chi connectivity index (χ0v) is 27.8. The maximum absolute atomic E-state index is 14.6. The normalized spacial score (nSPS) is 14.1. The summed E-state index contributed by atoms with van der Waals surface area (Å²) in [5.74, 6) is -0.755. The molecule has 0 aliphatic heterocycles. The van der Waals surface area contributed by atoms with Gasteiger partial charge in [-0.1, -0.05) is 91.2 Å². The first kappa shape index (κ1) is 33.2. The van der Waals surface area contributed by atoms with Crippen molar-refractivity contribution in [2.24, 2.45) is 0 Å². The van der Waals surface area contributed by atoms with Crippen LogP contribution < -0.4 is 9.62 Å². The van der Waals surface area contributed by atoms with Crippen LogP contribution in [0.2, 0.25) is 5.02 Å². The lowest BCUT2D eigenvalue weighted by molar-refractivity contribution is -0.140. The third-order valence-corrected chi connectivity index (χ3v) is 10.6. The van der Waals surface area contributed by atoms with Crippen LogP contribution in [-0.2, 0) is 32.6 Å². The van der Waals surface area contributed by atoms with Gasteiger partial charge < -0.3 is 10.2 Å². The number of rotatable bonds is 12. The standard InChI is InChI=1S/C37H40ClN3O4S/c1-27-20-21-33(22-28(27)2)41(46(44,45)34-18-7-4-8-19-34)26-36(42)40(25-30-14-11-15-31(38)23-30)35(24-29-12-5-3-6-13-29)37(43)39-32-16-9-10-17-32/h3-8,11-15,18-23,32,35H,9-10,16-17,24-26H2,1-2H3,(H,39,43)/t35-/m0/s1. The molecule has 0 bridgehead atoms. The van der Waals surface area contributed by atoms with Crippen LogP contribution in [0.3, 0.4) is 0 Å². The second-order valence-electron chi connectivity index (χ2n) is 11.9. The van der Waals surface area contributed by atoms with Gasteiger partial charge in [0, 0.05) is 24.0 Å². The molecule has 0 aromatic heterocycles. The van der Waals surface area contributed by atoms with E-state index in [-0.39, 0.29) is 29.8 Å². The van der Waals surface area contributed by atoms with E-state index in [2.05, 4.69) is 5.32 Å². The highest BCUT2D eigenvalue weighted by molar-refractivity contribution is 7.92. The monoisotopic (exact) mass is 657 g/mol. The van der Waals surface area contributed by atoms with Gasteiger partial charge in [-0.3, -0.25) is 13.9 Å². The van der Waals surface area contributed by atoms with Crippen LogP contribution in [0.4, 0.5) is 5.69 Å². The molecule has 1 saturated carbocycles. The summed E-state index contributed by atoms with van der Waals surface area (Å²) in [6.45, 7) is 3.43. The van der Waals surface area contributed by atoms with Crippen LogP contribution in [0.25, 0.3) is 0 Å². The highest BCUT2D eigenvalue weighted by Crippen LogP contribution is 2.27. The first-order chi connectivity index (χ1) is 22.1. The Labute approximate surface area is 277 Å². The Hall–Kier alpha value is -4.14. The van der Waals surface area contributed by atoms with Gasteiger partial charge in [-0.25, -0.2) is 8.42 Å². The van der Waals surface area contributed by atoms with Crippen LogP contribution >= 0.6 is 11.6 Å². The number of hydrogen-bond acceptors (Lipinski definition) is 4. The van der Waals surface area contributed by atoms with Crippen molar-refractivity contribution in [2.75, 3.05) is 10.8 Å². The van der Waals surface area contributed by atoms with Gasteiger partial charge in [0.1, 0.15) is 12.6 Å². The number of carbonyl (C=O) groups excluding carboxylic acids is 2. The third kappa shape index (κ3) is 8.17. The van der Waals surface area contributed by atoms with Crippen molar-refractivity contribution in [1.29, 1.82) is 0 Å². The van der Waals surface area contributed by atoms with Crippen LogP contribution in [0.15, 0.2) is 108 Å². The van der Waals surface area contributed by atoms with Crippen LogP contribution in [0.5, 0.6) is 0 Å². The molecular weight excluding hydrogens is 618 g/mol. The number of hydrogen-bond donors (Lipinski definition) is 1. The molecule has 2 amide bonds. The number of halogens is 1. The van der Waals surface area contributed by atoms with Crippen LogP contribution in [0, 0.1) is 13.8 Å². The van der Waals surface area contributed by atoms with Crippen LogP contribution in [0.1, 0.15) is 47.9 Å². The minimum atomic E-state index is -4.15. The molecule has 46 heavy (non-hydrogen) atoms. The van der Waals surface area contributed by atoms with Crippen molar-refractivity contribution in [1.82, 2.24) is 10.2 Å². The average molecular weight is 658 g/mol. The molecule has 0 heterocycles. The van der Waals surface area contributed by atoms with E-state index in [1.807, 2.05) is 56.3 Å². The van der Waals surface area contributed by atoms with E-state index in [0.717, 1.165) is 52.2 Å². The Morgan fingerprint density at radius 3 is 2.13 bits per heavy atom. The van der Waals surface area contributed by atoms with Crippen molar-refractivity contribution >= 4 is 39.1 Å². The van der Waals surface area contributed by atoms with E-state index in [4.69, 9.17) is 11.6 Å². The fraction of sp³-hybridized carbons (Fsp3) is 0.297. The molecule has 1 N–H and O–H groups in total. The molecule has 5 rings (SSSR count). The Balaban J connectivity index is 1.57. The molecular formula is C37H40ClN3O4S. The fourth-order valence-corrected chi connectivity index (χ4v) is 7.52. The predicted molar refractivity (Wildman–Crippen MR) is 183 cm³/mol. The Kier molecular flexibility index (Phi) is 10.8. The summed E-state index contributed by atoms with van der Waals surface area (Å²) in [6.07, 6.45) is 4.13. The van der Waals surface area contributed by atoms with Gasteiger partial charge in [0.05, 0.1) is 10.6 Å². The average Bonchev–Trinajstić information content (AvgIpc) is 3.56. The first-order valence-electron chi connectivity index (χ1n) is 15.6. The van der Waals surface area contributed by atoms with E-state index < -0.39 is 28.5 Å². The lowest BCUT2D eigenvalue weighted by Crippen LogP contribution is -2.54. The summed E-state index contributed by atoms with van der Waals surface area (Å²) < 4.78 is 29.5. The van der Waals surface area contributed by atoms with Gasteiger partial charge in [0.25, 0.3) is 10.0 Å². The second-order valence-corrected chi connectivity index (χ2v) is 14.2.